The van der Waals surface area contributed by atoms with Crippen molar-refractivity contribution in [3.63, 3.8) is 0 Å². The van der Waals surface area contributed by atoms with Crippen molar-refractivity contribution in [2.24, 2.45) is 7.05 Å². The van der Waals surface area contributed by atoms with Crippen LogP contribution >= 0.6 is 0 Å². The van der Waals surface area contributed by atoms with E-state index in [1.807, 2.05) is 0 Å². The van der Waals surface area contributed by atoms with Gasteiger partial charge in [-0.15, -0.1) is 10.2 Å². The summed E-state index contributed by atoms with van der Waals surface area (Å²) in [5, 5.41) is 35.3. The minimum atomic E-state index is -4.57. The predicted molar refractivity (Wildman–Crippen MR) is 125 cm³/mol. The molecule has 38 heavy (non-hydrogen) atoms. The number of aliphatic hydroxyl groups excluding tert-OH is 1. The highest BCUT2D eigenvalue weighted by molar-refractivity contribution is 5.56. The number of hydrogen-bond acceptors (Lipinski definition) is 10. The Morgan fingerprint density at radius 1 is 1.24 bits per heavy atom. The summed E-state index contributed by atoms with van der Waals surface area (Å²) in [7, 11) is 4.25. The van der Waals surface area contributed by atoms with E-state index >= 15 is 0 Å². The fourth-order valence-electron chi connectivity index (χ4n) is 4.58. The largest absolute Gasteiger partial charge is 0.479 e. The van der Waals surface area contributed by atoms with Crippen LogP contribution < -0.4 is 9.64 Å². The molecule has 1 aliphatic rings. The monoisotopic (exact) mass is 538 g/mol. The number of methoxy groups -OCH3 is 2. The maximum Gasteiger partial charge on any atom is 0.416 e. The molecule has 0 saturated heterocycles. The van der Waals surface area contributed by atoms with Gasteiger partial charge in [-0.25, -0.2) is 0 Å². The van der Waals surface area contributed by atoms with Crippen LogP contribution in [0.4, 0.5) is 24.5 Å². The second-order valence-electron chi connectivity index (χ2n) is 8.83. The lowest BCUT2D eigenvalue weighted by atomic mass is 9.83. The molecule has 15 heteroatoms. The number of rotatable bonds is 8. The second kappa shape index (κ2) is 10.2. The van der Waals surface area contributed by atoms with Gasteiger partial charge in [-0.1, -0.05) is 0 Å². The Labute approximate surface area is 214 Å². The minimum absolute atomic E-state index is 0.121. The molecule has 0 unspecified atom stereocenters. The van der Waals surface area contributed by atoms with E-state index < -0.39 is 40.7 Å². The van der Waals surface area contributed by atoms with Gasteiger partial charge >= 0.3 is 6.18 Å². The normalized spacial score (nSPS) is 21.2. The molecule has 3 aromatic rings. The number of fused-ring (bicyclic) bond motifs is 1. The summed E-state index contributed by atoms with van der Waals surface area (Å²) in [5.74, 6) is 0.381. The fraction of sp³-hybridized carbons (Fsp3) is 0.435. The lowest BCUT2D eigenvalue weighted by Gasteiger charge is -2.49. The Morgan fingerprint density at radius 3 is 2.42 bits per heavy atom. The van der Waals surface area contributed by atoms with E-state index in [4.69, 9.17) is 14.2 Å². The van der Waals surface area contributed by atoms with Crippen LogP contribution in [-0.4, -0.2) is 62.5 Å². The zero-order valence-electron chi connectivity index (χ0n) is 20.8. The van der Waals surface area contributed by atoms with E-state index in [1.165, 1.54) is 61.2 Å². The number of anilines is 1. The zero-order valence-corrected chi connectivity index (χ0v) is 20.8. The number of tetrazole rings is 1. The summed E-state index contributed by atoms with van der Waals surface area (Å²) in [6.07, 6.45) is -7.13. The summed E-state index contributed by atoms with van der Waals surface area (Å²) in [6.45, 7) is 1.42. The van der Waals surface area contributed by atoms with Crippen LogP contribution in [0.5, 0.6) is 5.75 Å². The van der Waals surface area contributed by atoms with Crippen molar-refractivity contribution in [2.75, 3.05) is 19.1 Å². The average molecular weight is 538 g/mol. The molecule has 1 aliphatic heterocycles. The molecule has 0 saturated carbocycles. The molecule has 0 radical (unpaired) electrons. The van der Waals surface area contributed by atoms with E-state index in [9.17, 15) is 28.4 Å². The van der Waals surface area contributed by atoms with Gasteiger partial charge in [-0.05, 0) is 42.5 Å². The molecule has 2 heterocycles. The highest BCUT2D eigenvalue weighted by atomic mass is 19.4. The second-order valence-corrected chi connectivity index (χ2v) is 8.83. The quantitative estimate of drug-likeness (QED) is 0.259. The molecule has 204 valence electrons. The van der Waals surface area contributed by atoms with Gasteiger partial charge in [0.15, 0.2) is 17.7 Å². The first kappa shape index (κ1) is 27.2. The van der Waals surface area contributed by atoms with Crippen LogP contribution in [0.3, 0.4) is 0 Å². The van der Waals surface area contributed by atoms with Crippen LogP contribution in [0, 0.1) is 10.1 Å². The van der Waals surface area contributed by atoms with Crippen LogP contribution in [0.25, 0.3) is 0 Å². The minimum Gasteiger partial charge on any atom is -0.479 e. The third-order valence-electron chi connectivity index (χ3n) is 6.36. The lowest BCUT2D eigenvalue weighted by molar-refractivity contribution is -0.385. The van der Waals surface area contributed by atoms with Gasteiger partial charge in [0.1, 0.15) is 11.9 Å². The summed E-state index contributed by atoms with van der Waals surface area (Å²) in [4.78, 5) is 13.7. The Balaban J connectivity index is 1.92. The van der Waals surface area contributed by atoms with E-state index in [0.717, 1.165) is 12.1 Å². The first-order chi connectivity index (χ1) is 17.9. The van der Waals surface area contributed by atoms with Gasteiger partial charge in [0.05, 0.1) is 30.1 Å². The average Bonchev–Trinajstić information content (AvgIpc) is 3.28. The number of hydrogen-bond donors (Lipinski definition) is 1. The third kappa shape index (κ3) is 4.99. The summed E-state index contributed by atoms with van der Waals surface area (Å²) < 4.78 is 56.7. The molecule has 3 atom stereocenters. The molecule has 2 aromatic carbocycles. The number of halogens is 3. The number of nitrogens with zero attached hydrogens (tertiary/aromatic N) is 6. The third-order valence-corrected chi connectivity index (χ3v) is 6.36. The van der Waals surface area contributed by atoms with Crippen LogP contribution in [0.1, 0.15) is 29.9 Å². The molecule has 12 nitrogen and oxygen atoms in total. The van der Waals surface area contributed by atoms with Crippen molar-refractivity contribution >= 4 is 11.4 Å². The number of aromatic nitrogens is 4. The van der Waals surface area contributed by atoms with Crippen molar-refractivity contribution < 1.29 is 37.4 Å². The standard InChI is InChI=1S/C23H25F3N6O6/c1-22(21(36-3)37-4)20(33)19(16-11-15(32(34)35)9-10-17(16)38-22)31(12-18-27-29-30(2)28-18)14-7-5-13(6-8-14)23(24,25)26/h5-11,19-21,33H,12H2,1-4H3/t19-,20+,22-/m1/s1. The van der Waals surface area contributed by atoms with Gasteiger partial charge in [0.2, 0.25) is 0 Å². The van der Waals surface area contributed by atoms with E-state index in [1.54, 1.807) is 7.05 Å². The predicted octanol–water partition coefficient (Wildman–Crippen LogP) is 3.02. The van der Waals surface area contributed by atoms with Gasteiger partial charge in [0.25, 0.3) is 5.69 Å². The van der Waals surface area contributed by atoms with E-state index in [0.29, 0.717) is 0 Å². The molecule has 0 fully saturated rings. The van der Waals surface area contributed by atoms with Crippen molar-refractivity contribution in [3.8, 4) is 5.75 Å². The molecule has 0 amide bonds. The SMILES string of the molecule is COC(OC)[C@]1(C)Oc2ccc([N+](=O)[O-])cc2[C@@H](N(Cc2nnn(C)n2)c2ccc(C(F)(F)F)cc2)[C@@H]1O. The fourth-order valence-corrected chi connectivity index (χ4v) is 4.58. The van der Waals surface area contributed by atoms with Crippen molar-refractivity contribution in [2.45, 2.75) is 43.7 Å². The number of aliphatic hydroxyl groups is 1. The van der Waals surface area contributed by atoms with Crippen molar-refractivity contribution in [1.29, 1.82) is 0 Å². The van der Waals surface area contributed by atoms with Gasteiger partial charge < -0.3 is 24.2 Å². The van der Waals surface area contributed by atoms with E-state index in [2.05, 4.69) is 15.4 Å². The van der Waals surface area contributed by atoms with Crippen LogP contribution in [-0.2, 0) is 29.2 Å². The number of nitro groups is 1. The number of nitro benzene ring substituents is 1. The first-order valence-corrected chi connectivity index (χ1v) is 11.3. The maximum atomic E-state index is 13.3. The Bertz CT molecular complexity index is 1300. The molecule has 1 N–H and O–H groups in total. The first-order valence-electron chi connectivity index (χ1n) is 11.3. The topological polar surface area (TPSA) is 138 Å². The Hall–Kier alpha value is -3.82. The lowest BCUT2D eigenvalue weighted by Crippen LogP contribution is -2.62. The van der Waals surface area contributed by atoms with Gasteiger partial charge in [0, 0.05) is 37.6 Å². The highest BCUT2D eigenvalue weighted by Gasteiger charge is 2.54. The smallest absolute Gasteiger partial charge is 0.416 e. The van der Waals surface area contributed by atoms with Gasteiger partial charge in [-0.3, -0.25) is 10.1 Å². The summed E-state index contributed by atoms with van der Waals surface area (Å²) in [5.41, 5.74) is -2.21. The van der Waals surface area contributed by atoms with Crippen LogP contribution in [0.2, 0.25) is 0 Å². The van der Waals surface area contributed by atoms with Crippen molar-refractivity contribution in [1.82, 2.24) is 20.2 Å². The maximum absolute atomic E-state index is 13.3. The van der Waals surface area contributed by atoms with Crippen LogP contribution in [0.15, 0.2) is 42.5 Å². The molecule has 0 spiro atoms. The Morgan fingerprint density at radius 2 is 1.89 bits per heavy atom. The number of aryl methyl sites for hydroxylation is 1. The zero-order chi connectivity index (χ0) is 27.8. The summed E-state index contributed by atoms with van der Waals surface area (Å²) >= 11 is 0. The number of non-ortho nitro benzene ring substituents is 1. The summed E-state index contributed by atoms with van der Waals surface area (Å²) in [6, 6.07) is 7.06. The van der Waals surface area contributed by atoms with Gasteiger partial charge in [-0.2, -0.15) is 18.0 Å². The Kier molecular flexibility index (Phi) is 7.27. The number of alkyl halides is 3. The molecule has 0 bridgehead atoms. The number of benzene rings is 2. The molecule has 0 aliphatic carbocycles. The molecule has 4 rings (SSSR count). The van der Waals surface area contributed by atoms with Crippen molar-refractivity contribution in [3.05, 3.63) is 69.5 Å². The molecule has 1 aromatic heterocycles. The molecular formula is C23H25F3N6O6. The number of ether oxygens (including phenoxy) is 3. The molecular weight excluding hydrogens is 513 g/mol. The van der Waals surface area contributed by atoms with E-state index in [-0.39, 0.29) is 35.1 Å². The highest BCUT2D eigenvalue weighted by Crippen LogP contribution is 2.47.